The van der Waals surface area contributed by atoms with E-state index in [0.717, 1.165) is 43.1 Å². The number of pyridine rings is 1. The lowest BCUT2D eigenvalue weighted by atomic mass is 10.2. The largest absolute Gasteiger partial charge is 0.453 e. The van der Waals surface area contributed by atoms with Crippen molar-refractivity contribution in [1.29, 1.82) is 0 Å². The standard InChI is InChI=1S/C27H23ClFN5O2/c28-19-3-1-18(2-4-19)24-11-12-25(35-24)26-32-36-27(23-10-5-20(29)17-31-23)34(26)22-8-6-21(7-9-22)33-15-13-30-14-16-33/h1-12,17,27,30H,13-16H2. The van der Waals surface area contributed by atoms with Gasteiger partial charge in [-0.05, 0) is 72.8 Å². The van der Waals surface area contributed by atoms with Gasteiger partial charge in [0.1, 0.15) is 17.3 Å². The summed E-state index contributed by atoms with van der Waals surface area (Å²) in [7, 11) is 0. The van der Waals surface area contributed by atoms with Crippen LogP contribution in [-0.4, -0.2) is 37.0 Å². The Morgan fingerprint density at radius 2 is 1.58 bits per heavy atom. The zero-order valence-corrected chi connectivity index (χ0v) is 20.0. The Labute approximate surface area is 212 Å². The predicted molar refractivity (Wildman–Crippen MR) is 138 cm³/mol. The Morgan fingerprint density at radius 1 is 0.861 bits per heavy atom. The highest BCUT2D eigenvalue weighted by Gasteiger charge is 2.36. The fourth-order valence-electron chi connectivity index (χ4n) is 4.42. The third-order valence-electron chi connectivity index (χ3n) is 6.27. The number of amidine groups is 1. The molecule has 182 valence electrons. The smallest absolute Gasteiger partial charge is 0.248 e. The SMILES string of the molecule is Fc1ccc(C2ON=C(c3ccc(-c4ccc(Cl)cc4)o3)N2c2ccc(N3CCNCC3)cc2)nc1. The van der Waals surface area contributed by atoms with Crippen molar-refractivity contribution in [2.75, 3.05) is 36.0 Å². The van der Waals surface area contributed by atoms with Gasteiger partial charge in [0.2, 0.25) is 12.1 Å². The van der Waals surface area contributed by atoms with Crippen LogP contribution < -0.4 is 15.1 Å². The van der Waals surface area contributed by atoms with E-state index >= 15 is 0 Å². The average Bonchev–Trinajstić information content (AvgIpc) is 3.58. The van der Waals surface area contributed by atoms with Crippen LogP contribution in [0.25, 0.3) is 11.3 Å². The maximum Gasteiger partial charge on any atom is 0.248 e. The number of benzene rings is 2. The van der Waals surface area contributed by atoms with Crippen molar-refractivity contribution in [3.63, 3.8) is 0 Å². The summed E-state index contributed by atoms with van der Waals surface area (Å²) in [6, 6.07) is 22.4. The number of hydrogen-bond donors (Lipinski definition) is 1. The molecule has 36 heavy (non-hydrogen) atoms. The highest BCUT2D eigenvalue weighted by atomic mass is 35.5. The Balaban J connectivity index is 1.34. The second-order valence-corrected chi connectivity index (χ2v) is 9.00. The molecule has 4 aromatic rings. The minimum Gasteiger partial charge on any atom is -0.453 e. The summed E-state index contributed by atoms with van der Waals surface area (Å²) in [4.78, 5) is 14.3. The number of furan rings is 1. The lowest BCUT2D eigenvalue weighted by Crippen LogP contribution is -2.43. The van der Waals surface area contributed by atoms with Gasteiger partial charge in [0.25, 0.3) is 0 Å². The van der Waals surface area contributed by atoms with Crippen LogP contribution in [0.5, 0.6) is 0 Å². The first-order valence-electron chi connectivity index (χ1n) is 11.7. The lowest BCUT2D eigenvalue weighted by Gasteiger charge is -2.30. The van der Waals surface area contributed by atoms with Crippen molar-refractivity contribution >= 4 is 28.8 Å². The van der Waals surface area contributed by atoms with Gasteiger partial charge in [-0.25, -0.2) is 4.39 Å². The second-order valence-electron chi connectivity index (χ2n) is 8.57. The molecule has 1 atom stereocenters. The third kappa shape index (κ3) is 4.41. The molecule has 1 N–H and O–H groups in total. The van der Waals surface area contributed by atoms with Gasteiger partial charge in [-0.2, -0.15) is 0 Å². The van der Waals surface area contributed by atoms with Crippen LogP contribution in [0.3, 0.4) is 0 Å². The molecular weight excluding hydrogens is 481 g/mol. The molecule has 0 aliphatic carbocycles. The molecule has 4 heterocycles. The fourth-order valence-corrected chi connectivity index (χ4v) is 4.54. The third-order valence-corrected chi connectivity index (χ3v) is 6.52. The van der Waals surface area contributed by atoms with E-state index in [1.807, 2.05) is 53.4 Å². The van der Waals surface area contributed by atoms with Crippen LogP contribution in [0, 0.1) is 5.82 Å². The number of nitrogens with zero attached hydrogens (tertiary/aromatic N) is 4. The number of hydrogen-bond acceptors (Lipinski definition) is 7. The van der Waals surface area contributed by atoms with Gasteiger partial charge >= 0.3 is 0 Å². The molecule has 0 spiro atoms. The van der Waals surface area contributed by atoms with Crippen molar-refractivity contribution < 1.29 is 13.6 Å². The van der Waals surface area contributed by atoms with Gasteiger partial charge in [0, 0.05) is 48.1 Å². The van der Waals surface area contributed by atoms with Crippen LogP contribution in [-0.2, 0) is 4.84 Å². The molecular formula is C27H23ClFN5O2. The van der Waals surface area contributed by atoms with Crippen molar-refractivity contribution in [1.82, 2.24) is 10.3 Å². The predicted octanol–water partition coefficient (Wildman–Crippen LogP) is 5.44. The van der Waals surface area contributed by atoms with Crippen LogP contribution in [0.15, 0.2) is 88.6 Å². The molecule has 1 fully saturated rings. The summed E-state index contributed by atoms with van der Waals surface area (Å²) >= 11 is 6.03. The van der Waals surface area contributed by atoms with Gasteiger partial charge in [-0.3, -0.25) is 9.88 Å². The van der Waals surface area contributed by atoms with Gasteiger partial charge in [-0.1, -0.05) is 16.8 Å². The number of nitrogens with one attached hydrogen (secondary N) is 1. The fraction of sp³-hybridized carbons (Fsp3) is 0.185. The molecule has 1 unspecified atom stereocenters. The molecule has 7 nitrogen and oxygen atoms in total. The summed E-state index contributed by atoms with van der Waals surface area (Å²) in [6.07, 6.45) is 0.503. The minimum absolute atomic E-state index is 0.413. The molecule has 0 amide bonds. The molecule has 2 aliphatic heterocycles. The van der Waals surface area contributed by atoms with E-state index in [1.54, 1.807) is 6.07 Å². The van der Waals surface area contributed by atoms with Crippen LogP contribution in [0.1, 0.15) is 17.7 Å². The Hall–Kier alpha value is -3.88. The zero-order chi connectivity index (χ0) is 24.5. The summed E-state index contributed by atoms with van der Waals surface area (Å²) in [6.45, 7) is 3.85. The van der Waals surface area contributed by atoms with Crippen molar-refractivity contribution in [2.24, 2.45) is 5.16 Å². The van der Waals surface area contributed by atoms with Crippen LogP contribution in [0.4, 0.5) is 15.8 Å². The Kier molecular flexibility index (Phi) is 6.04. The van der Waals surface area contributed by atoms with Gasteiger partial charge in [0.15, 0.2) is 5.76 Å². The summed E-state index contributed by atoms with van der Waals surface area (Å²) in [5, 5.41) is 8.39. The van der Waals surface area contributed by atoms with Gasteiger partial charge in [-0.15, -0.1) is 0 Å². The summed E-state index contributed by atoms with van der Waals surface area (Å²) < 4.78 is 19.7. The molecule has 1 saturated heterocycles. The molecule has 9 heteroatoms. The molecule has 2 aromatic heterocycles. The quantitative estimate of drug-likeness (QED) is 0.391. The first-order valence-corrected chi connectivity index (χ1v) is 12.1. The second kappa shape index (κ2) is 9.64. The lowest BCUT2D eigenvalue weighted by molar-refractivity contribution is 0.0835. The monoisotopic (exact) mass is 503 g/mol. The molecule has 2 aromatic carbocycles. The van der Waals surface area contributed by atoms with Gasteiger partial charge < -0.3 is 19.5 Å². The number of anilines is 2. The number of rotatable bonds is 5. The van der Waals surface area contributed by atoms with E-state index in [1.165, 1.54) is 12.3 Å². The van der Waals surface area contributed by atoms with Crippen molar-refractivity contribution in [3.8, 4) is 11.3 Å². The van der Waals surface area contributed by atoms with E-state index in [-0.39, 0.29) is 0 Å². The Morgan fingerprint density at radius 3 is 2.31 bits per heavy atom. The highest BCUT2D eigenvalue weighted by Crippen LogP contribution is 2.36. The first-order chi connectivity index (χ1) is 17.7. The van der Waals surface area contributed by atoms with E-state index in [4.69, 9.17) is 20.9 Å². The summed E-state index contributed by atoms with van der Waals surface area (Å²) in [5.74, 6) is 1.31. The number of aromatic nitrogens is 1. The van der Waals surface area contributed by atoms with Crippen LogP contribution >= 0.6 is 11.6 Å². The molecule has 0 saturated carbocycles. The molecule has 2 aliphatic rings. The number of piperazine rings is 1. The zero-order valence-electron chi connectivity index (χ0n) is 19.3. The number of halogens is 2. The molecule has 6 rings (SSSR count). The topological polar surface area (TPSA) is 66.1 Å². The van der Waals surface area contributed by atoms with Crippen LogP contribution in [0.2, 0.25) is 5.02 Å². The molecule has 0 bridgehead atoms. The Bertz CT molecular complexity index is 1370. The normalized spacial score (nSPS) is 17.7. The minimum atomic E-state index is -0.672. The van der Waals surface area contributed by atoms with Crippen molar-refractivity contribution in [2.45, 2.75) is 6.23 Å². The van der Waals surface area contributed by atoms with Gasteiger partial charge in [0.05, 0.1) is 6.20 Å². The van der Waals surface area contributed by atoms with E-state index in [2.05, 4.69) is 32.5 Å². The van der Waals surface area contributed by atoms with E-state index in [9.17, 15) is 4.39 Å². The maximum atomic E-state index is 13.6. The maximum absolute atomic E-state index is 13.6. The first kappa shape index (κ1) is 22.6. The highest BCUT2D eigenvalue weighted by molar-refractivity contribution is 6.30. The number of oxime groups is 1. The van der Waals surface area contributed by atoms with Crippen molar-refractivity contribution in [3.05, 3.63) is 101 Å². The van der Waals surface area contributed by atoms with E-state index in [0.29, 0.717) is 28.1 Å². The molecule has 0 radical (unpaired) electrons. The van der Waals surface area contributed by atoms with E-state index < -0.39 is 12.0 Å². The summed E-state index contributed by atoms with van der Waals surface area (Å²) in [5.41, 5.74) is 3.43. The average molecular weight is 504 g/mol.